The fraction of sp³-hybridized carbons (Fsp3) is 0.950. The van der Waals surface area contributed by atoms with Crippen LogP contribution in [0.15, 0.2) is 6.33 Å². The van der Waals surface area contributed by atoms with Gasteiger partial charge in [-0.2, -0.15) is 0 Å². The number of hydrogen-bond acceptors (Lipinski definition) is 3. The van der Waals surface area contributed by atoms with E-state index < -0.39 is 0 Å². The lowest BCUT2D eigenvalue weighted by molar-refractivity contribution is 0.423. The summed E-state index contributed by atoms with van der Waals surface area (Å²) in [7, 11) is 0. The molecule has 1 heterocycles. The zero-order chi connectivity index (χ0) is 17.3. The normalized spacial score (nSPS) is 12.6. The third-order valence-electron chi connectivity index (χ3n) is 5.04. The highest BCUT2D eigenvalue weighted by Gasteiger charge is 2.04. The maximum absolute atomic E-state index is 3.96. The Morgan fingerprint density at radius 3 is 1.58 bits per heavy atom. The first-order valence-electron chi connectivity index (χ1n) is 10.6. The second-order valence-corrected chi connectivity index (χ2v) is 7.38. The maximum atomic E-state index is 3.96. The van der Waals surface area contributed by atoms with E-state index in [4.69, 9.17) is 0 Å². The number of hydrogen-bond donors (Lipinski definition) is 0. The van der Waals surface area contributed by atoms with Crippen molar-refractivity contribution in [2.75, 3.05) is 0 Å². The van der Waals surface area contributed by atoms with Crippen LogP contribution in [0.25, 0.3) is 0 Å². The molecule has 1 atom stereocenters. The molecular formula is C20H40N4. The average molecular weight is 337 g/mol. The van der Waals surface area contributed by atoms with Crippen LogP contribution in [0.2, 0.25) is 0 Å². The molecule has 0 radical (unpaired) electrons. The molecule has 1 aromatic rings. The molecule has 0 saturated heterocycles. The highest BCUT2D eigenvalue weighted by Crippen LogP contribution is 2.16. The van der Waals surface area contributed by atoms with Crippen LogP contribution in [0.1, 0.15) is 123 Å². The summed E-state index contributed by atoms with van der Waals surface area (Å²) in [5.41, 5.74) is 0. The largest absolute Gasteiger partial charge is 0.230 e. The van der Waals surface area contributed by atoms with E-state index >= 15 is 0 Å². The third kappa shape index (κ3) is 11.6. The Labute approximate surface area is 149 Å². The lowest BCUT2D eigenvalue weighted by Crippen LogP contribution is -2.05. The topological polar surface area (TPSA) is 43.6 Å². The van der Waals surface area contributed by atoms with Gasteiger partial charge in [-0.3, -0.25) is 0 Å². The summed E-state index contributed by atoms with van der Waals surface area (Å²) in [6.07, 6.45) is 24.2. The summed E-state index contributed by atoms with van der Waals surface area (Å²) in [5.74, 6) is 0. The van der Waals surface area contributed by atoms with Gasteiger partial charge in [0.1, 0.15) is 6.33 Å². The van der Waals surface area contributed by atoms with Gasteiger partial charge in [-0.25, -0.2) is 4.68 Å². The van der Waals surface area contributed by atoms with Gasteiger partial charge in [0, 0.05) is 0 Å². The molecule has 1 unspecified atom stereocenters. The Kier molecular flexibility index (Phi) is 13.7. The highest BCUT2D eigenvalue weighted by atomic mass is 15.5. The van der Waals surface area contributed by atoms with Crippen LogP contribution >= 0.6 is 0 Å². The Balaban J connectivity index is 1.73. The predicted octanol–water partition coefficient (Wildman–Crippen LogP) is 6.50. The molecular weight excluding hydrogens is 296 g/mol. The maximum Gasteiger partial charge on any atom is 0.138 e. The van der Waals surface area contributed by atoms with E-state index in [9.17, 15) is 0 Å². The zero-order valence-corrected chi connectivity index (χ0v) is 16.3. The molecule has 4 nitrogen and oxygen atoms in total. The molecule has 0 N–H and O–H groups in total. The van der Waals surface area contributed by atoms with Gasteiger partial charge in [0.25, 0.3) is 0 Å². The predicted molar refractivity (Wildman–Crippen MR) is 102 cm³/mol. The summed E-state index contributed by atoms with van der Waals surface area (Å²) in [6.45, 7) is 4.48. The van der Waals surface area contributed by atoms with Crippen molar-refractivity contribution in [1.29, 1.82) is 0 Å². The van der Waals surface area contributed by atoms with Gasteiger partial charge in [-0.15, -0.1) is 5.10 Å². The van der Waals surface area contributed by atoms with Gasteiger partial charge >= 0.3 is 0 Å². The first-order chi connectivity index (χ1) is 11.8. The van der Waals surface area contributed by atoms with Crippen LogP contribution in [0.5, 0.6) is 0 Å². The van der Waals surface area contributed by atoms with Crippen LogP contribution in [0, 0.1) is 0 Å². The van der Waals surface area contributed by atoms with Crippen molar-refractivity contribution in [2.24, 2.45) is 0 Å². The monoisotopic (exact) mass is 336 g/mol. The van der Waals surface area contributed by atoms with Crippen LogP contribution in [-0.2, 0) is 0 Å². The first-order valence-corrected chi connectivity index (χ1v) is 10.6. The second-order valence-electron chi connectivity index (χ2n) is 7.38. The standard InChI is InChI=1S/C20H40N4/c1-3-4-5-6-7-8-9-10-11-12-13-14-15-16-17-18-20(2)24-19-21-22-23-24/h19-20H,3-18H2,1-2H3. The molecule has 0 fully saturated rings. The van der Waals surface area contributed by atoms with Crippen molar-refractivity contribution in [1.82, 2.24) is 20.2 Å². The van der Waals surface area contributed by atoms with Gasteiger partial charge in [0.2, 0.25) is 0 Å². The van der Waals surface area contributed by atoms with Gasteiger partial charge in [-0.05, 0) is 23.8 Å². The summed E-state index contributed by atoms with van der Waals surface area (Å²) >= 11 is 0. The second kappa shape index (κ2) is 15.6. The molecule has 0 aromatic carbocycles. The van der Waals surface area contributed by atoms with Crippen molar-refractivity contribution in [3.8, 4) is 0 Å². The van der Waals surface area contributed by atoms with E-state index in [0.717, 1.165) is 0 Å². The molecule has 4 heteroatoms. The van der Waals surface area contributed by atoms with Gasteiger partial charge in [0.15, 0.2) is 0 Å². The van der Waals surface area contributed by atoms with E-state index in [1.807, 2.05) is 4.68 Å². The van der Waals surface area contributed by atoms with E-state index in [1.54, 1.807) is 6.33 Å². The molecule has 140 valence electrons. The lowest BCUT2D eigenvalue weighted by atomic mass is 10.0. The smallest absolute Gasteiger partial charge is 0.138 e. The molecule has 1 rings (SSSR count). The number of aromatic nitrogens is 4. The van der Waals surface area contributed by atoms with Gasteiger partial charge in [0.05, 0.1) is 6.04 Å². The number of unbranched alkanes of at least 4 members (excludes halogenated alkanes) is 14. The van der Waals surface area contributed by atoms with Crippen molar-refractivity contribution in [2.45, 2.75) is 123 Å². The van der Waals surface area contributed by atoms with Crippen LogP contribution in [0.4, 0.5) is 0 Å². The van der Waals surface area contributed by atoms with Gasteiger partial charge < -0.3 is 0 Å². The summed E-state index contributed by atoms with van der Waals surface area (Å²) in [4.78, 5) is 0. The SMILES string of the molecule is CCCCCCCCCCCCCCCCCC(C)n1cnnn1. The Bertz CT molecular complexity index is 351. The number of nitrogens with zero attached hydrogens (tertiary/aromatic N) is 4. The van der Waals surface area contributed by atoms with Crippen molar-refractivity contribution >= 4 is 0 Å². The quantitative estimate of drug-likeness (QED) is 0.305. The minimum atomic E-state index is 0.432. The van der Waals surface area contributed by atoms with Crippen molar-refractivity contribution < 1.29 is 0 Å². The molecule has 0 saturated carbocycles. The molecule has 24 heavy (non-hydrogen) atoms. The van der Waals surface area contributed by atoms with Crippen molar-refractivity contribution in [3.63, 3.8) is 0 Å². The summed E-state index contributed by atoms with van der Waals surface area (Å²) in [6, 6.07) is 0.432. The Morgan fingerprint density at radius 1 is 0.708 bits per heavy atom. The highest BCUT2D eigenvalue weighted by molar-refractivity contribution is 4.60. The van der Waals surface area contributed by atoms with E-state index in [-0.39, 0.29) is 0 Å². The molecule has 1 aromatic heterocycles. The van der Waals surface area contributed by atoms with Crippen LogP contribution in [-0.4, -0.2) is 20.2 Å². The number of rotatable bonds is 17. The van der Waals surface area contributed by atoms with E-state index in [1.165, 1.54) is 103 Å². The molecule has 0 bridgehead atoms. The van der Waals surface area contributed by atoms with Crippen LogP contribution in [0.3, 0.4) is 0 Å². The lowest BCUT2D eigenvalue weighted by Gasteiger charge is -2.09. The molecule has 0 amide bonds. The fourth-order valence-electron chi connectivity index (χ4n) is 3.31. The molecule has 0 aliphatic carbocycles. The minimum Gasteiger partial charge on any atom is -0.230 e. The van der Waals surface area contributed by atoms with Crippen LogP contribution < -0.4 is 0 Å². The Hall–Kier alpha value is -0.930. The third-order valence-corrected chi connectivity index (χ3v) is 5.04. The summed E-state index contributed by atoms with van der Waals surface area (Å²) in [5, 5.41) is 11.4. The number of tetrazole rings is 1. The van der Waals surface area contributed by atoms with Crippen molar-refractivity contribution in [3.05, 3.63) is 6.33 Å². The fourth-order valence-corrected chi connectivity index (χ4v) is 3.31. The zero-order valence-electron chi connectivity index (χ0n) is 16.3. The first kappa shape index (κ1) is 21.1. The molecule has 0 spiro atoms. The minimum absolute atomic E-state index is 0.432. The summed E-state index contributed by atoms with van der Waals surface area (Å²) < 4.78 is 1.86. The average Bonchev–Trinajstić information content (AvgIpc) is 3.13. The Morgan fingerprint density at radius 2 is 1.17 bits per heavy atom. The molecule has 0 aliphatic heterocycles. The molecule has 0 aliphatic rings. The van der Waals surface area contributed by atoms with E-state index in [0.29, 0.717) is 6.04 Å². The van der Waals surface area contributed by atoms with E-state index in [2.05, 4.69) is 29.4 Å². The van der Waals surface area contributed by atoms with Gasteiger partial charge in [-0.1, -0.05) is 103 Å².